The molecule has 0 amide bonds. The summed E-state index contributed by atoms with van der Waals surface area (Å²) in [5, 5.41) is 0. The van der Waals surface area contributed by atoms with E-state index in [1.807, 2.05) is 0 Å². The second kappa shape index (κ2) is 3.77. The lowest BCUT2D eigenvalue weighted by Crippen LogP contribution is -2.14. The van der Waals surface area contributed by atoms with Gasteiger partial charge in [0.1, 0.15) is 5.75 Å². The van der Waals surface area contributed by atoms with Gasteiger partial charge in [-0.15, -0.1) is 0 Å². The van der Waals surface area contributed by atoms with Crippen LogP contribution in [0.5, 0.6) is 5.75 Å². The summed E-state index contributed by atoms with van der Waals surface area (Å²) < 4.78 is 9.61. The van der Waals surface area contributed by atoms with Gasteiger partial charge in [0.2, 0.25) is 0 Å². The van der Waals surface area contributed by atoms with Crippen molar-refractivity contribution in [2.75, 3.05) is 7.11 Å². The van der Waals surface area contributed by atoms with Crippen LogP contribution < -0.4 is 4.74 Å². The van der Waals surface area contributed by atoms with E-state index in [9.17, 15) is 14.4 Å². The van der Waals surface area contributed by atoms with Gasteiger partial charge in [-0.2, -0.15) is 0 Å². The molecule has 0 N–H and O–H groups in total. The minimum atomic E-state index is -1.11. The van der Waals surface area contributed by atoms with E-state index in [-0.39, 0.29) is 0 Å². The van der Waals surface area contributed by atoms with Gasteiger partial charge >= 0.3 is 11.8 Å². The quantitative estimate of drug-likeness (QED) is 0.534. The molecule has 1 aliphatic rings. The number of ketones is 2. The lowest BCUT2D eigenvalue weighted by Gasteiger charge is -2.07. The van der Waals surface area contributed by atoms with Gasteiger partial charge in [0.15, 0.2) is 6.10 Å². The van der Waals surface area contributed by atoms with Crippen molar-refractivity contribution in [3.63, 3.8) is 0 Å². The van der Waals surface area contributed by atoms with Crippen LogP contribution in [0.25, 0.3) is 0 Å². The van der Waals surface area contributed by atoms with Gasteiger partial charge in [0, 0.05) is 5.56 Å². The van der Waals surface area contributed by atoms with Crippen LogP contribution in [0.2, 0.25) is 0 Å². The molecule has 0 aromatic heterocycles. The molecule has 1 aliphatic heterocycles. The van der Waals surface area contributed by atoms with Crippen molar-refractivity contribution in [3.05, 3.63) is 29.8 Å². The Morgan fingerprint density at radius 2 is 1.75 bits per heavy atom. The zero-order valence-corrected chi connectivity index (χ0v) is 8.43. The molecule has 0 bridgehead atoms. The van der Waals surface area contributed by atoms with Gasteiger partial charge in [-0.25, -0.2) is 4.79 Å². The molecule has 2 rings (SSSR count). The minimum Gasteiger partial charge on any atom is -0.497 e. The molecule has 1 unspecified atom stereocenters. The lowest BCUT2D eigenvalue weighted by atomic mass is 10.1. The van der Waals surface area contributed by atoms with Crippen molar-refractivity contribution >= 4 is 17.5 Å². The fraction of sp³-hybridized carbons (Fsp3) is 0.182. The Kier molecular flexibility index (Phi) is 2.44. The van der Waals surface area contributed by atoms with Crippen LogP contribution in [0.15, 0.2) is 24.3 Å². The van der Waals surface area contributed by atoms with E-state index in [1.54, 1.807) is 24.3 Å². The molecule has 1 aromatic carbocycles. The Morgan fingerprint density at radius 1 is 1.12 bits per heavy atom. The molecule has 0 radical (unpaired) electrons. The smallest absolute Gasteiger partial charge is 0.384 e. The number of esters is 1. The molecule has 0 saturated carbocycles. The predicted molar refractivity (Wildman–Crippen MR) is 51.8 cm³/mol. The number of methoxy groups -OCH3 is 1. The Hall–Kier alpha value is -2.17. The number of carbonyl (C=O) groups excluding carboxylic acids is 3. The highest BCUT2D eigenvalue weighted by molar-refractivity contribution is 6.65. The summed E-state index contributed by atoms with van der Waals surface area (Å²) in [4.78, 5) is 33.2. The zero-order valence-electron chi connectivity index (χ0n) is 8.43. The Bertz CT molecular complexity index is 460. The minimum absolute atomic E-state index is 0.463. The van der Waals surface area contributed by atoms with E-state index in [1.165, 1.54) is 7.11 Å². The Labute approximate surface area is 91.0 Å². The van der Waals surface area contributed by atoms with Gasteiger partial charge in [-0.1, -0.05) is 12.1 Å². The third-order valence-corrected chi connectivity index (χ3v) is 2.29. The molecule has 16 heavy (non-hydrogen) atoms. The monoisotopic (exact) mass is 220 g/mol. The first-order chi connectivity index (χ1) is 7.63. The number of rotatable bonds is 2. The van der Waals surface area contributed by atoms with E-state index in [2.05, 4.69) is 4.74 Å². The molecule has 1 atom stereocenters. The molecule has 1 aromatic rings. The van der Waals surface area contributed by atoms with Gasteiger partial charge in [-0.05, 0) is 12.1 Å². The van der Waals surface area contributed by atoms with Gasteiger partial charge in [-0.3, -0.25) is 9.59 Å². The van der Waals surface area contributed by atoms with E-state index in [4.69, 9.17) is 4.74 Å². The van der Waals surface area contributed by atoms with E-state index < -0.39 is 23.6 Å². The van der Waals surface area contributed by atoms with E-state index in [0.717, 1.165) is 0 Å². The molecule has 0 aliphatic carbocycles. The number of hydrogen-bond acceptors (Lipinski definition) is 5. The number of carbonyl (C=O) groups is 3. The maximum absolute atomic E-state index is 11.3. The van der Waals surface area contributed by atoms with Gasteiger partial charge in [0.25, 0.3) is 5.78 Å². The van der Waals surface area contributed by atoms with Crippen molar-refractivity contribution in [1.29, 1.82) is 0 Å². The van der Waals surface area contributed by atoms with Crippen molar-refractivity contribution in [3.8, 4) is 5.75 Å². The molecule has 0 spiro atoms. The average molecular weight is 220 g/mol. The summed E-state index contributed by atoms with van der Waals surface area (Å²) in [6.45, 7) is 0. The van der Waals surface area contributed by atoms with Crippen LogP contribution in [-0.2, 0) is 19.1 Å². The number of Topliss-reactive ketones (excluding diaryl/α,β-unsaturated/α-hetero) is 2. The third kappa shape index (κ3) is 1.56. The molecular weight excluding hydrogens is 212 g/mol. The van der Waals surface area contributed by atoms with E-state index >= 15 is 0 Å². The number of ether oxygens (including phenoxy) is 2. The topological polar surface area (TPSA) is 69.7 Å². The Balaban J connectivity index is 2.28. The molecule has 1 fully saturated rings. The van der Waals surface area contributed by atoms with Gasteiger partial charge < -0.3 is 9.47 Å². The molecule has 82 valence electrons. The first-order valence-corrected chi connectivity index (χ1v) is 4.56. The summed E-state index contributed by atoms with van der Waals surface area (Å²) >= 11 is 0. The highest BCUT2D eigenvalue weighted by atomic mass is 16.6. The normalized spacial score (nSPS) is 19.8. The number of hydrogen-bond donors (Lipinski definition) is 0. The molecular formula is C11H8O5. The van der Waals surface area contributed by atoms with Crippen LogP contribution >= 0.6 is 0 Å². The zero-order chi connectivity index (χ0) is 11.7. The van der Waals surface area contributed by atoms with Crippen LogP contribution in [0.1, 0.15) is 11.7 Å². The number of cyclic esters (lactones) is 1. The SMILES string of the molecule is COc1ccc(C2OC(=O)C(=O)C2=O)cc1. The average Bonchev–Trinajstić information content (AvgIpc) is 2.57. The Morgan fingerprint density at radius 3 is 2.19 bits per heavy atom. The maximum Gasteiger partial charge on any atom is 0.384 e. The predicted octanol–water partition coefficient (Wildman–Crippen LogP) is 0.431. The van der Waals surface area contributed by atoms with Crippen LogP contribution in [0.3, 0.4) is 0 Å². The van der Waals surface area contributed by atoms with E-state index in [0.29, 0.717) is 11.3 Å². The summed E-state index contributed by atoms with van der Waals surface area (Å²) in [5.74, 6) is -2.39. The first-order valence-electron chi connectivity index (χ1n) is 4.56. The number of benzene rings is 1. The maximum atomic E-state index is 11.3. The van der Waals surface area contributed by atoms with Crippen molar-refractivity contribution in [2.24, 2.45) is 0 Å². The molecule has 5 heteroatoms. The van der Waals surface area contributed by atoms with Crippen molar-refractivity contribution in [2.45, 2.75) is 6.10 Å². The highest BCUT2D eigenvalue weighted by Gasteiger charge is 2.42. The standard InChI is InChI=1S/C11H8O5/c1-15-7-4-2-6(3-5-7)10-8(12)9(13)11(14)16-10/h2-5,10H,1H3. The lowest BCUT2D eigenvalue weighted by molar-refractivity contribution is -0.149. The highest BCUT2D eigenvalue weighted by Crippen LogP contribution is 2.26. The molecule has 1 saturated heterocycles. The second-order valence-corrected chi connectivity index (χ2v) is 3.25. The summed E-state index contributed by atoms with van der Waals surface area (Å²) in [6.07, 6.45) is -1.11. The first kappa shape index (κ1) is 10.4. The second-order valence-electron chi connectivity index (χ2n) is 3.25. The van der Waals surface area contributed by atoms with Crippen molar-refractivity contribution < 1.29 is 23.9 Å². The third-order valence-electron chi connectivity index (χ3n) is 2.29. The summed E-state index contributed by atoms with van der Waals surface area (Å²) in [6, 6.07) is 6.40. The fourth-order valence-electron chi connectivity index (χ4n) is 1.43. The largest absolute Gasteiger partial charge is 0.497 e. The molecule has 5 nitrogen and oxygen atoms in total. The molecule has 1 heterocycles. The van der Waals surface area contributed by atoms with Crippen LogP contribution in [0, 0.1) is 0 Å². The fourth-order valence-corrected chi connectivity index (χ4v) is 1.43. The van der Waals surface area contributed by atoms with Crippen LogP contribution in [0.4, 0.5) is 0 Å². The van der Waals surface area contributed by atoms with Gasteiger partial charge in [0.05, 0.1) is 7.11 Å². The van der Waals surface area contributed by atoms with Crippen LogP contribution in [-0.4, -0.2) is 24.6 Å². The summed E-state index contributed by atoms with van der Waals surface area (Å²) in [5.41, 5.74) is 0.463. The van der Waals surface area contributed by atoms with Crippen molar-refractivity contribution in [1.82, 2.24) is 0 Å². The summed E-state index contributed by atoms with van der Waals surface area (Å²) in [7, 11) is 1.51.